The first-order valence-corrected chi connectivity index (χ1v) is 6.38. The molecule has 1 aromatic carbocycles. The van der Waals surface area contributed by atoms with E-state index in [0.29, 0.717) is 5.69 Å². The lowest BCUT2D eigenvalue weighted by Crippen LogP contribution is -2.25. The summed E-state index contributed by atoms with van der Waals surface area (Å²) in [5, 5.41) is 0. The molecule has 0 radical (unpaired) electrons. The van der Waals surface area contributed by atoms with Gasteiger partial charge in [0.25, 0.3) is 0 Å². The van der Waals surface area contributed by atoms with Gasteiger partial charge in [-0.1, -0.05) is 26.7 Å². The first-order chi connectivity index (χ1) is 8.17. The molecule has 17 heavy (non-hydrogen) atoms. The SMILES string of the molecule is CCCCN(CCCC)c1cc(F)cc(F)c1. The highest BCUT2D eigenvalue weighted by molar-refractivity contribution is 5.46. The van der Waals surface area contributed by atoms with Crippen molar-refractivity contribution >= 4 is 5.69 Å². The van der Waals surface area contributed by atoms with Gasteiger partial charge < -0.3 is 4.90 Å². The standard InChI is InChI=1S/C14H21F2N/c1-3-5-7-17(8-6-4-2)14-10-12(15)9-13(16)11-14/h9-11H,3-8H2,1-2H3. The Morgan fingerprint density at radius 3 is 1.76 bits per heavy atom. The summed E-state index contributed by atoms with van der Waals surface area (Å²) < 4.78 is 26.3. The fourth-order valence-corrected chi connectivity index (χ4v) is 1.79. The molecule has 0 unspecified atom stereocenters. The quantitative estimate of drug-likeness (QED) is 0.685. The summed E-state index contributed by atoms with van der Waals surface area (Å²) in [6.45, 7) is 5.95. The summed E-state index contributed by atoms with van der Waals surface area (Å²) in [4.78, 5) is 2.07. The van der Waals surface area contributed by atoms with Crippen molar-refractivity contribution in [2.24, 2.45) is 0 Å². The van der Waals surface area contributed by atoms with Gasteiger partial charge in [0.2, 0.25) is 0 Å². The van der Waals surface area contributed by atoms with Crippen LogP contribution >= 0.6 is 0 Å². The minimum Gasteiger partial charge on any atom is -0.371 e. The highest BCUT2D eigenvalue weighted by Gasteiger charge is 2.08. The number of benzene rings is 1. The molecule has 0 amide bonds. The van der Waals surface area contributed by atoms with Crippen LogP contribution in [0.2, 0.25) is 0 Å². The smallest absolute Gasteiger partial charge is 0.128 e. The van der Waals surface area contributed by atoms with E-state index in [1.807, 2.05) is 0 Å². The molecule has 96 valence electrons. The highest BCUT2D eigenvalue weighted by atomic mass is 19.1. The van der Waals surface area contributed by atoms with Crippen molar-refractivity contribution in [1.29, 1.82) is 0 Å². The van der Waals surface area contributed by atoms with Gasteiger partial charge in [0, 0.05) is 24.8 Å². The van der Waals surface area contributed by atoms with E-state index < -0.39 is 11.6 Å². The number of hydrogen-bond donors (Lipinski definition) is 0. The minimum absolute atomic E-state index is 0.502. The van der Waals surface area contributed by atoms with Gasteiger partial charge in [-0.3, -0.25) is 0 Å². The number of unbranched alkanes of at least 4 members (excludes halogenated alkanes) is 2. The normalized spacial score (nSPS) is 10.6. The maximum Gasteiger partial charge on any atom is 0.128 e. The molecule has 0 aliphatic carbocycles. The second-order valence-electron chi connectivity index (χ2n) is 4.32. The van der Waals surface area contributed by atoms with Crippen molar-refractivity contribution in [2.75, 3.05) is 18.0 Å². The first kappa shape index (κ1) is 13.9. The molecule has 0 fully saturated rings. The number of rotatable bonds is 7. The van der Waals surface area contributed by atoms with Crippen LogP contribution in [0.25, 0.3) is 0 Å². The summed E-state index contributed by atoms with van der Waals surface area (Å²) in [5.41, 5.74) is 0.657. The predicted octanol–water partition coefficient (Wildman–Crippen LogP) is 4.37. The van der Waals surface area contributed by atoms with Gasteiger partial charge in [0.1, 0.15) is 11.6 Å². The topological polar surface area (TPSA) is 3.24 Å². The molecule has 0 spiro atoms. The average Bonchev–Trinajstić information content (AvgIpc) is 2.28. The van der Waals surface area contributed by atoms with Crippen molar-refractivity contribution in [3.05, 3.63) is 29.8 Å². The first-order valence-electron chi connectivity index (χ1n) is 6.38. The van der Waals surface area contributed by atoms with Crippen molar-refractivity contribution in [2.45, 2.75) is 39.5 Å². The van der Waals surface area contributed by atoms with Crippen molar-refractivity contribution in [3.8, 4) is 0 Å². The van der Waals surface area contributed by atoms with Gasteiger partial charge in [0.05, 0.1) is 0 Å². The molecule has 1 rings (SSSR count). The molecule has 1 aromatic rings. The lowest BCUT2D eigenvalue weighted by Gasteiger charge is -2.24. The number of nitrogens with zero attached hydrogens (tertiary/aromatic N) is 1. The summed E-state index contributed by atoms with van der Waals surface area (Å²) >= 11 is 0. The molecule has 0 bridgehead atoms. The van der Waals surface area contributed by atoms with Crippen molar-refractivity contribution in [3.63, 3.8) is 0 Å². The maximum atomic E-state index is 13.2. The van der Waals surface area contributed by atoms with Gasteiger partial charge in [-0.2, -0.15) is 0 Å². The number of hydrogen-bond acceptors (Lipinski definition) is 1. The van der Waals surface area contributed by atoms with Crippen molar-refractivity contribution < 1.29 is 8.78 Å². The second kappa shape index (κ2) is 7.25. The van der Waals surface area contributed by atoms with Crippen LogP contribution in [-0.2, 0) is 0 Å². The zero-order valence-corrected chi connectivity index (χ0v) is 10.7. The van der Waals surface area contributed by atoms with E-state index in [1.54, 1.807) is 0 Å². The fraction of sp³-hybridized carbons (Fsp3) is 0.571. The predicted molar refractivity (Wildman–Crippen MR) is 68.4 cm³/mol. The molecule has 0 N–H and O–H groups in total. The van der Waals surface area contributed by atoms with E-state index in [0.717, 1.165) is 44.8 Å². The third kappa shape index (κ3) is 4.72. The molecule has 0 aliphatic heterocycles. The Kier molecular flexibility index (Phi) is 5.95. The molecule has 0 heterocycles. The van der Waals surface area contributed by atoms with E-state index in [2.05, 4.69) is 18.7 Å². The van der Waals surface area contributed by atoms with Crippen LogP contribution in [0.3, 0.4) is 0 Å². The van der Waals surface area contributed by atoms with Gasteiger partial charge >= 0.3 is 0 Å². The molecule has 0 saturated heterocycles. The average molecular weight is 241 g/mol. The summed E-state index contributed by atoms with van der Waals surface area (Å²) in [7, 11) is 0. The van der Waals surface area contributed by atoms with E-state index in [-0.39, 0.29) is 0 Å². The largest absolute Gasteiger partial charge is 0.371 e. The zero-order valence-electron chi connectivity index (χ0n) is 10.7. The lowest BCUT2D eigenvalue weighted by atomic mass is 10.2. The van der Waals surface area contributed by atoms with Gasteiger partial charge in [0.15, 0.2) is 0 Å². The monoisotopic (exact) mass is 241 g/mol. The fourth-order valence-electron chi connectivity index (χ4n) is 1.79. The van der Waals surface area contributed by atoms with Crippen LogP contribution < -0.4 is 4.90 Å². The molecular weight excluding hydrogens is 220 g/mol. The van der Waals surface area contributed by atoms with Crippen LogP contribution in [0.5, 0.6) is 0 Å². The molecule has 3 heteroatoms. The van der Waals surface area contributed by atoms with Gasteiger partial charge in [-0.05, 0) is 25.0 Å². The zero-order chi connectivity index (χ0) is 12.7. The van der Waals surface area contributed by atoms with Crippen molar-refractivity contribution in [1.82, 2.24) is 0 Å². The van der Waals surface area contributed by atoms with Crippen LogP contribution in [0.1, 0.15) is 39.5 Å². The Morgan fingerprint density at radius 2 is 1.35 bits per heavy atom. The van der Waals surface area contributed by atoms with Gasteiger partial charge in [-0.25, -0.2) is 8.78 Å². The van der Waals surface area contributed by atoms with E-state index in [4.69, 9.17) is 0 Å². The Balaban J connectivity index is 2.78. The molecular formula is C14H21F2N. The van der Waals surface area contributed by atoms with E-state index >= 15 is 0 Å². The second-order valence-corrected chi connectivity index (χ2v) is 4.32. The molecule has 0 aliphatic rings. The Hall–Kier alpha value is -1.12. The summed E-state index contributed by atoms with van der Waals surface area (Å²) in [6, 6.07) is 3.74. The Labute approximate surface area is 102 Å². The molecule has 0 aromatic heterocycles. The van der Waals surface area contributed by atoms with Crippen LogP contribution in [0, 0.1) is 11.6 Å². The van der Waals surface area contributed by atoms with Crippen LogP contribution in [0.15, 0.2) is 18.2 Å². The highest BCUT2D eigenvalue weighted by Crippen LogP contribution is 2.19. The summed E-state index contributed by atoms with van der Waals surface area (Å²) in [5.74, 6) is -1.00. The third-order valence-electron chi connectivity index (χ3n) is 2.78. The number of anilines is 1. The third-order valence-corrected chi connectivity index (χ3v) is 2.78. The van der Waals surface area contributed by atoms with E-state index in [1.165, 1.54) is 12.1 Å². The minimum atomic E-state index is -0.502. The Bertz CT molecular complexity index is 311. The van der Waals surface area contributed by atoms with Crippen LogP contribution in [0.4, 0.5) is 14.5 Å². The Morgan fingerprint density at radius 1 is 0.882 bits per heavy atom. The molecule has 1 nitrogen and oxygen atoms in total. The van der Waals surface area contributed by atoms with E-state index in [9.17, 15) is 8.78 Å². The van der Waals surface area contributed by atoms with Crippen LogP contribution in [-0.4, -0.2) is 13.1 Å². The molecule has 0 atom stereocenters. The lowest BCUT2D eigenvalue weighted by molar-refractivity contribution is 0.580. The van der Waals surface area contributed by atoms with Gasteiger partial charge in [-0.15, -0.1) is 0 Å². The number of halogens is 2. The molecule has 0 saturated carbocycles. The summed E-state index contributed by atoms with van der Waals surface area (Å²) in [6.07, 6.45) is 4.25. The maximum absolute atomic E-state index is 13.2.